The van der Waals surface area contributed by atoms with Gasteiger partial charge in [0.15, 0.2) is 0 Å². The zero-order valence-corrected chi connectivity index (χ0v) is 17.2. The van der Waals surface area contributed by atoms with E-state index in [2.05, 4.69) is 5.32 Å². The van der Waals surface area contributed by atoms with Crippen molar-refractivity contribution in [1.29, 1.82) is 0 Å². The molecule has 7 heteroatoms. The maximum Gasteiger partial charge on any atom is 0.254 e. The van der Waals surface area contributed by atoms with E-state index in [1.807, 2.05) is 29.2 Å². The van der Waals surface area contributed by atoms with Crippen molar-refractivity contribution in [3.63, 3.8) is 0 Å². The summed E-state index contributed by atoms with van der Waals surface area (Å²) in [6.45, 7) is 1.56. The molecule has 3 N–H and O–H groups in total. The Bertz CT molecular complexity index is 650. The van der Waals surface area contributed by atoms with E-state index in [1.54, 1.807) is 0 Å². The Balaban J connectivity index is 0.00000280. The summed E-state index contributed by atoms with van der Waals surface area (Å²) in [5, 5.41) is 2.91. The second-order valence-electron chi connectivity index (χ2n) is 7.54. The Morgan fingerprint density at radius 1 is 1.14 bits per heavy atom. The van der Waals surface area contributed by atoms with E-state index in [9.17, 15) is 9.59 Å². The molecule has 6 nitrogen and oxygen atoms in total. The van der Waals surface area contributed by atoms with Crippen molar-refractivity contribution in [1.82, 2.24) is 10.2 Å². The van der Waals surface area contributed by atoms with Crippen molar-refractivity contribution in [2.24, 2.45) is 5.73 Å². The van der Waals surface area contributed by atoms with E-state index in [-0.39, 0.29) is 36.4 Å². The van der Waals surface area contributed by atoms with E-state index in [0.29, 0.717) is 25.1 Å². The van der Waals surface area contributed by atoms with E-state index in [1.165, 1.54) is 12.8 Å². The summed E-state index contributed by atoms with van der Waals surface area (Å²) in [5.41, 5.74) is 6.08. The SMILES string of the molecule is Cl.NCCC(=O)NCC1CCCCN1C(=O)c1cccc(OC2CCCC2)c1. The van der Waals surface area contributed by atoms with Gasteiger partial charge in [0.2, 0.25) is 5.91 Å². The van der Waals surface area contributed by atoms with Crippen LogP contribution in [0.5, 0.6) is 5.75 Å². The van der Waals surface area contributed by atoms with Crippen LogP contribution in [0.25, 0.3) is 0 Å². The second kappa shape index (κ2) is 11.3. The van der Waals surface area contributed by atoms with Crippen LogP contribution in [0, 0.1) is 0 Å². The zero-order valence-electron chi connectivity index (χ0n) is 16.4. The number of likely N-dealkylation sites (tertiary alicyclic amines) is 1. The van der Waals surface area contributed by atoms with Crippen LogP contribution in [0.3, 0.4) is 0 Å². The highest BCUT2D eigenvalue weighted by molar-refractivity contribution is 5.95. The lowest BCUT2D eigenvalue weighted by atomic mass is 10.0. The number of hydrogen-bond acceptors (Lipinski definition) is 4. The number of rotatable bonds is 7. The van der Waals surface area contributed by atoms with Crippen LogP contribution in [0.2, 0.25) is 0 Å². The Morgan fingerprint density at radius 3 is 2.64 bits per heavy atom. The smallest absolute Gasteiger partial charge is 0.254 e. The van der Waals surface area contributed by atoms with E-state index in [0.717, 1.165) is 44.4 Å². The number of halogens is 1. The Hall–Kier alpha value is -1.79. The minimum absolute atomic E-state index is 0. The summed E-state index contributed by atoms with van der Waals surface area (Å²) in [5.74, 6) is 0.740. The number of benzene rings is 1. The summed E-state index contributed by atoms with van der Waals surface area (Å²) in [7, 11) is 0. The normalized spacial score (nSPS) is 19.8. The minimum atomic E-state index is -0.0533. The van der Waals surface area contributed by atoms with Crippen molar-refractivity contribution in [2.75, 3.05) is 19.6 Å². The Morgan fingerprint density at radius 2 is 1.89 bits per heavy atom. The Labute approximate surface area is 173 Å². The quantitative estimate of drug-likeness (QED) is 0.725. The van der Waals surface area contributed by atoms with Crippen LogP contribution in [0.4, 0.5) is 0 Å². The minimum Gasteiger partial charge on any atom is -0.490 e. The molecular weight excluding hydrogens is 378 g/mol. The number of nitrogens with one attached hydrogen (secondary N) is 1. The average molecular weight is 410 g/mol. The van der Waals surface area contributed by atoms with Crippen molar-refractivity contribution in [3.05, 3.63) is 29.8 Å². The van der Waals surface area contributed by atoms with Gasteiger partial charge < -0.3 is 20.7 Å². The average Bonchev–Trinajstić information content (AvgIpc) is 3.19. The summed E-state index contributed by atoms with van der Waals surface area (Å²) in [6.07, 6.45) is 8.19. The van der Waals surface area contributed by atoms with Gasteiger partial charge in [-0.1, -0.05) is 6.07 Å². The van der Waals surface area contributed by atoms with Crippen LogP contribution in [0.1, 0.15) is 61.7 Å². The molecule has 1 heterocycles. The highest BCUT2D eigenvalue weighted by atomic mass is 35.5. The van der Waals surface area contributed by atoms with Gasteiger partial charge in [-0.05, 0) is 63.1 Å². The van der Waals surface area contributed by atoms with Crippen molar-refractivity contribution < 1.29 is 14.3 Å². The lowest BCUT2D eigenvalue weighted by Crippen LogP contribution is -2.49. The molecule has 1 aromatic rings. The molecule has 1 saturated heterocycles. The summed E-state index contributed by atoms with van der Waals surface area (Å²) in [6, 6.07) is 7.56. The molecule has 2 aliphatic rings. The Kier molecular flexibility index (Phi) is 9.06. The molecule has 1 atom stereocenters. The number of carbonyl (C=O) groups excluding carboxylic acids is 2. The first-order chi connectivity index (χ1) is 13.2. The molecule has 1 aliphatic heterocycles. The highest BCUT2D eigenvalue weighted by Gasteiger charge is 2.28. The molecule has 1 aliphatic carbocycles. The molecule has 0 spiro atoms. The molecule has 1 unspecified atom stereocenters. The summed E-state index contributed by atoms with van der Waals surface area (Å²) >= 11 is 0. The number of nitrogens with zero attached hydrogens (tertiary/aromatic N) is 1. The molecule has 3 rings (SSSR count). The standard InChI is InChI=1S/C21H31N3O3.ClH/c22-12-11-20(25)23-15-17-7-3-4-13-24(17)21(26)16-6-5-10-19(14-16)27-18-8-1-2-9-18;/h5-6,10,14,17-18H,1-4,7-9,11-13,15,22H2,(H,23,25);1H. The topological polar surface area (TPSA) is 84.7 Å². The van der Waals surface area contributed by atoms with Gasteiger partial charge in [0.25, 0.3) is 5.91 Å². The number of nitrogens with two attached hydrogens (primary N) is 1. The maximum atomic E-state index is 13.1. The number of amides is 2. The number of hydrogen-bond donors (Lipinski definition) is 2. The number of piperidine rings is 1. The first kappa shape index (κ1) is 22.5. The second-order valence-corrected chi connectivity index (χ2v) is 7.54. The van der Waals surface area contributed by atoms with Gasteiger partial charge in [-0.15, -0.1) is 12.4 Å². The van der Waals surface area contributed by atoms with Crippen molar-refractivity contribution in [2.45, 2.75) is 63.5 Å². The molecule has 1 saturated carbocycles. The fourth-order valence-electron chi connectivity index (χ4n) is 4.00. The molecule has 0 radical (unpaired) electrons. The molecule has 2 amide bonds. The summed E-state index contributed by atoms with van der Waals surface area (Å²) in [4.78, 5) is 26.7. The molecule has 0 aromatic heterocycles. The van der Waals surface area contributed by atoms with E-state index >= 15 is 0 Å². The fourth-order valence-corrected chi connectivity index (χ4v) is 4.00. The molecule has 1 aromatic carbocycles. The van der Waals surface area contributed by atoms with Crippen LogP contribution in [-0.2, 0) is 4.79 Å². The van der Waals surface area contributed by atoms with Crippen LogP contribution in [-0.4, -0.2) is 48.5 Å². The largest absolute Gasteiger partial charge is 0.490 e. The molecular formula is C21H32ClN3O3. The molecule has 28 heavy (non-hydrogen) atoms. The highest BCUT2D eigenvalue weighted by Crippen LogP contribution is 2.26. The van der Waals surface area contributed by atoms with Crippen LogP contribution in [0.15, 0.2) is 24.3 Å². The number of carbonyl (C=O) groups is 2. The van der Waals surface area contributed by atoms with Gasteiger partial charge in [-0.3, -0.25) is 9.59 Å². The van der Waals surface area contributed by atoms with Gasteiger partial charge in [0, 0.05) is 37.7 Å². The molecule has 0 bridgehead atoms. The predicted octanol–water partition coefficient (Wildman–Crippen LogP) is 2.89. The van der Waals surface area contributed by atoms with E-state index in [4.69, 9.17) is 10.5 Å². The van der Waals surface area contributed by atoms with Gasteiger partial charge in [-0.25, -0.2) is 0 Å². The first-order valence-corrected chi connectivity index (χ1v) is 10.2. The number of ether oxygens (including phenoxy) is 1. The van der Waals surface area contributed by atoms with Gasteiger partial charge in [0.05, 0.1) is 6.10 Å². The fraction of sp³-hybridized carbons (Fsp3) is 0.619. The first-order valence-electron chi connectivity index (χ1n) is 10.2. The van der Waals surface area contributed by atoms with Crippen LogP contribution >= 0.6 is 12.4 Å². The lowest BCUT2D eigenvalue weighted by Gasteiger charge is -2.36. The third-order valence-corrected chi connectivity index (χ3v) is 5.48. The van der Waals surface area contributed by atoms with E-state index < -0.39 is 0 Å². The van der Waals surface area contributed by atoms with Crippen molar-refractivity contribution in [3.8, 4) is 5.75 Å². The third kappa shape index (κ3) is 6.11. The molecule has 2 fully saturated rings. The molecule has 156 valence electrons. The van der Waals surface area contributed by atoms with Crippen LogP contribution < -0.4 is 15.8 Å². The third-order valence-electron chi connectivity index (χ3n) is 5.48. The maximum absolute atomic E-state index is 13.1. The van der Waals surface area contributed by atoms with Gasteiger partial charge >= 0.3 is 0 Å². The monoisotopic (exact) mass is 409 g/mol. The predicted molar refractivity (Wildman–Crippen MR) is 112 cm³/mol. The van der Waals surface area contributed by atoms with Gasteiger partial charge in [0.1, 0.15) is 5.75 Å². The lowest BCUT2D eigenvalue weighted by molar-refractivity contribution is -0.121. The van der Waals surface area contributed by atoms with Crippen molar-refractivity contribution >= 4 is 24.2 Å². The van der Waals surface area contributed by atoms with Gasteiger partial charge in [-0.2, -0.15) is 0 Å². The summed E-state index contributed by atoms with van der Waals surface area (Å²) < 4.78 is 6.05. The zero-order chi connectivity index (χ0) is 19.1.